The Morgan fingerprint density at radius 1 is 1.33 bits per heavy atom. The summed E-state index contributed by atoms with van der Waals surface area (Å²) in [6, 6.07) is 9.54. The number of aliphatic carboxylic acids is 1. The van der Waals surface area contributed by atoms with E-state index < -0.39 is 11.9 Å². The SMILES string of the molecule is COCc1nc(C(=O)N(C)CC(C)C(=O)O)c(-c2ccccc2)s1. The van der Waals surface area contributed by atoms with Gasteiger partial charge in [0.25, 0.3) is 5.91 Å². The summed E-state index contributed by atoms with van der Waals surface area (Å²) >= 11 is 1.41. The second kappa shape index (κ2) is 8.03. The second-order valence-corrected chi connectivity index (χ2v) is 6.59. The van der Waals surface area contributed by atoms with E-state index in [9.17, 15) is 9.59 Å². The lowest BCUT2D eigenvalue weighted by atomic mass is 10.1. The molecule has 0 aliphatic carbocycles. The number of amides is 1. The van der Waals surface area contributed by atoms with Crippen molar-refractivity contribution >= 4 is 23.2 Å². The Labute approximate surface area is 144 Å². The molecule has 0 aliphatic rings. The molecule has 2 rings (SSSR count). The number of benzene rings is 1. The largest absolute Gasteiger partial charge is 0.481 e. The molecule has 0 saturated carbocycles. The first-order valence-corrected chi connectivity index (χ1v) is 8.28. The van der Waals surface area contributed by atoms with Gasteiger partial charge in [-0.2, -0.15) is 0 Å². The summed E-state index contributed by atoms with van der Waals surface area (Å²) in [7, 11) is 3.16. The zero-order chi connectivity index (χ0) is 17.7. The van der Waals surface area contributed by atoms with E-state index in [-0.39, 0.29) is 12.5 Å². The molecule has 24 heavy (non-hydrogen) atoms. The van der Waals surface area contributed by atoms with Crippen molar-refractivity contribution in [1.82, 2.24) is 9.88 Å². The van der Waals surface area contributed by atoms with E-state index in [1.807, 2.05) is 30.3 Å². The zero-order valence-corrected chi connectivity index (χ0v) is 14.7. The van der Waals surface area contributed by atoms with Gasteiger partial charge in [-0.3, -0.25) is 9.59 Å². The molecule has 1 N–H and O–H groups in total. The van der Waals surface area contributed by atoms with E-state index in [0.29, 0.717) is 17.3 Å². The van der Waals surface area contributed by atoms with E-state index in [1.54, 1.807) is 21.1 Å². The summed E-state index contributed by atoms with van der Waals surface area (Å²) in [4.78, 5) is 30.3. The van der Waals surface area contributed by atoms with Gasteiger partial charge in [0.1, 0.15) is 10.7 Å². The average Bonchev–Trinajstić information content (AvgIpc) is 2.99. The molecule has 1 aromatic heterocycles. The number of hydrogen-bond donors (Lipinski definition) is 1. The highest BCUT2D eigenvalue weighted by molar-refractivity contribution is 7.15. The van der Waals surface area contributed by atoms with Gasteiger partial charge in [-0.15, -0.1) is 11.3 Å². The Hall–Kier alpha value is -2.25. The van der Waals surface area contributed by atoms with Crippen molar-refractivity contribution in [3.63, 3.8) is 0 Å². The number of carboxylic acid groups (broad SMARTS) is 1. The molecule has 1 unspecified atom stereocenters. The standard InChI is InChI=1S/C17H20N2O4S/c1-11(17(21)22)9-19(2)16(20)14-15(12-7-5-4-6-8-12)24-13(18-14)10-23-3/h4-8,11H,9-10H2,1-3H3,(H,21,22). The smallest absolute Gasteiger partial charge is 0.308 e. The third kappa shape index (κ3) is 4.18. The predicted octanol–water partition coefficient (Wildman–Crippen LogP) is 2.75. The van der Waals surface area contributed by atoms with Crippen molar-refractivity contribution in [2.45, 2.75) is 13.5 Å². The van der Waals surface area contributed by atoms with Crippen LogP contribution in [0.4, 0.5) is 0 Å². The number of ether oxygens (including phenoxy) is 1. The molecular weight excluding hydrogens is 328 g/mol. The molecule has 1 heterocycles. The van der Waals surface area contributed by atoms with Crippen LogP contribution in [0.2, 0.25) is 0 Å². The van der Waals surface area contributed by atoms with Gasteiger partial charge in [-0.25, -0.2) is 4.98 Å². The highest BCUT2D eigenvalue weighted by Crippen LogP contribution is 2.31. The molecule has 0 bridgehead atoms. The van der Waals surface area contributed by atoms with Gasteiger partial charge in [0, 0.05) is 20.7 Å². The molecule has 1 atom stereocenters. The number of aromatic nitrogens is 1. The first-order valence-electron chi connectivity index (χ1n) is 7.46. The molecule has 0 aliphatic heterocycles. The summed E-state index contributed by atoms with van der Waals surface area (Å²) < 4.78 is 5.11. The van der Waals surface area contributed by atoms with Gasteiger partial charge in [-0.05, 0) is 5.56 Å². The first kappa shape index (κ1) is 18.1. The number of rotatable bonds is 7. The Kier molecular flexibility index (Phi) is 6.05. The third-order valence-corrected chi connectivity index (χ3v) is 4.57. The monoisotopic (exact) mass is 348 g/mol. The predicted molar refractivity (Wildman–Crippen MR) is 92.0 cm³/mol. The fourth-order valence-electron chi connectivity index (χ4n) is 2.23. The molecule has 0 saturated heterocycles. The van der Waals surface area contributed by atoms with Crippen molar-refractivity contribution < 1.29 is 19.4 Å². The van der Waals surface area contributed by atoms with Crippen molar-refractivity contribution in [1.29, 1.82) is 0 Å². The number of nitrogens with zero attached hydrogens (tertiary/aromatic N) is 2. The Bertz CT molecular complexity index is 715. The van der Waals surface area contributed by atoms with Crippen LogP contribution in [0.15, 0.2) is 30.3 Å². The second-order valence-electron chi connectivity index (χ2n) is 5.51. The number of thiazole rings is 1. The highest BCUT2D eigenvalue weighted by atomic mass is 32.1. The lowest BCUT2D eigenvalue weighted by Gasteiger charge is -2.19. The van der Waals surface area contributed by atoms with Gasteiger partial charge in [0.15, 0.2) is 0 Å². The van der Waals surface area contributed by atoms with Crippen LogP contribution in [0.3, 0.4) is 0 Å². The molecule has 0 fully saturated rings. The Balaban J connectivity index is 2.34. The number of carboxylic acids is 1. The van der Waals surface area contributed by atoms with Gasteiger partial charge in [0.2, 0.25) is 0 Å². The fraction of sp³-hybridized carbons (Fsp3) is 0.353. The highest BCUT2D eigenvalue weighted by Gasteiger charge is 2.24. The summed E-state index contributed by atoms with van der Waals surface area (Å²) in [5, 5.41) is 9.73. The van der Waals surface area contributed by atoms with Crippen LogP contribution in [0.5, 0.6) is 0 Å². The average molecular weight is 348 g/mol. The molecule has 6 nitrogen and oxygen atoms in total. The minimum absolute atomic E-state index is 0.125. The van der Waals surface area contributed by atoms with E-state index in [2.05, 4.69) is 4.98 Å². The van der Waals surface area contributed by atoms with Crippen LogP contribution in [-0.4, -0.2) is 47.6 Å². The number of carbonyl (C=O) groups is 2. The molecule has 0 radical (unpaired) electrons. The minimum atomic E-state index is -0.934. The molecule has 1 aromatic carbocycles. The topological polar surface area (TPSA) is 79.7 Å². The van der Waals surface area contributed by atoms with Gasteiger partial charge in [-0.1, -0.05) is 37.3 Å². The number of carbonyl (C=O) groups excluding carboxylic acids is 1. The summed E-state index contributed by atoms with van der Waals surface area (Å²) in [5.41, 5.74) is 1.23. The van der Waals surface area contributed by atoms with E-state index in [1.165, 1.54) is 16.2 Å². The Morgan fingerprint density at radius 2 is 2.00 bits per heavy atom. The maximum Gasteiger partial charge on any atom is 0.308 e. The summed E-state index contributed by atoms with van der Waals surface area (Å²) in [6.07, 6.45) is 0. The summed E-state index contributed by atoms with van der Waals surface area (Å²) in [5.74, 6) is -1.87. The van der Waals surface area contributed by atoms with E-state index in [0.717, 1.165) is 10.4 Å². The van der Waals surface area contributed by atoms with Gasteiger partial charge < -0.3 is 14.7 Å². The number of methoxy groups -OCH3 is 1. The van der Waals surface area contributed by atoms with Crippen LogP contribution >= 0.6 is 11.3 Å². The molecule has 7 heteroatoms. The maximum atomic E-state index is 12.8. The maximum absolute atomic E-state index is 12.8. The minimum Gasteiger partial charge on any atom is -0.481 e. The quantitative estimate of drug-likeness (QED) is 0.832. The lowest BCUT2D eigenvalue weighted by Crippen LogP contribution is -2.34. The first-order chi connectivity index (χ1) is 11.4. The Morgan fingerprint density at radius 3 is 2.58 bits per heavy atom. The number of hydrogen-bond acceptors (Lipinski definition) is 5. The molecule has 2 aromatic rings. The molecule has 1 amide bonds. The zero-order valence-electron chi connectivity index (χ0n) is 13.9. The van der Waals surface area contributed by atoms with Gasteiger partial charge >= 0.3 is 5.97 Å². The van der Waals surface area contributed by atoms with Crippen LogP contribution in [0.25, 0.3) is 10.4 Å². The molecule has 128 valence electrons. The van der Waals surface area contributed by atoms with Crippen LogP contribution < -0.4 is 0 Å². The van der Waals surface area contributed by atoms with Crippen LogP contribution in [0.1, 0.15) is 22.4 Å². The third-order valence-electron chi connectivity index (χ3n) is 3.49. The van der Waals surface area contributed by atoms with Crippen LogP contribution in [0, 0.1) is 5.92 Å². The van der Waals surface area contributed by atoms with Gasteiger partial charge in [0.05, 0.1) is 17.4 Å². The van der Waals surface area contributed by atoms with Crippen LogP contribution in [-0.2, 0) is 16.1 Å². The molecular formula is C17H20N2O4S. The molecule has 0 spiro atoms. The summed E-state index contributed by atoms with van der Waals surface area (Å²) in [6.45, 7) is 2.02. The van der Waals surface area contributed by atoms with E-state index in [4.69, 9.17) is 9.84 Å². The van der Waals surface area contributed by atoms with Crippen molar-refractivity contribution in [2.24, 2.45) is 5.92 Å². The fourth-order valence-corrected chi connectivity index (χ4v) is 3.27. The normalized spacial score (nSPS) is 12.0. The van der Waals surface area contributed by atoms with Crippen molar-refractivity contribution in [3.8, 4) is 10.4 Å². The van der Waals surface area contributed by atoms with Crippen molar-refractivity contribution in [2.75, 3.05) is 20.7 Å². The lowest BCUT2D eigenvalue weighted by molar-refractivity contribution is -0.141. The van der Waals surface area contributed by atoms with Crippen molar-refractivity contribution in [3.05, 3.63) is 41.0 Å². The van der Waals surface area contributed by atoms with E-state index >= 15 is 0 Å².